The molecular formula is C21H23N5O2. The van der Waals surface area contributed by atoms with Gasteiger partial charge in [-0.1, -0.05) is 39.0 Å². The summed E-state index contributed by atoms with van der Waals surface area (Å²) in [6.07, 6.45) is 1.55. The van der Waals surface area contributed by atoms with Crippen LogP contribution >= 0.6 is 0 Å². The van der Waals surface area contributed by atoms with Crippen LogP contribution in [0.3, 0.4) is 0 Å². The zero-order valence-electron chi connectivity index (χ0n) is 16.4. The molecule has 0 saturated heterocycles. The zero-order valence-corrected chi connectivity index (χ0v) is 16.4. The normalized spacial score (nSPS) is 11.0. The number of benzene rings is 2. The summed E-state index contributed by atoms with van der Waals surface area (Å²) in [5.74, 6) is 0.472. The Morgan fingerprint density at radius 3 is 2.43 bits per heavy atom. The highest BCUT2D eigenvalue weighted by atomic mass is 16.5. The summed E-state index contributed by atoms with van der Waals surface area (Å²) >= 11 is 0. The van der Waals surface area contributed by atoms with Gasteiger partial charge in [-0.2, -0.15) is 10.1 Å². The van der Waals surface area contributed by atoms with E-state index in [-0.39, 0.29) is 5.41 Å². The molecule has 1 heterocycles. The van der Waals surface area contributed by atoms with Crippen molar-refractivity contribution in [2.24, 2.45) is 0 Å². The summed E-state index contributed by atoms with van der Waals surface area (Å²) in [5, 5.41) is 14.2. The number of anilines is 4. The van der Waals surface area contributed by atoms with Gasteiger partial charge in [0.25, 0.3) is 0 Å². The van der Waals surface area contributed by atoms with Gasteiger partial charge >= 0.3 is 5.97 Å². The van der Waals surface area contributed by atoms with E-state index in [1.54, 1.807) is 30.5 Å². The monoisotopic (exact) mass is 377 g/mol. The van der Waals surface area contributed by atoms with Gasteiger partial charge in [0.1, 0.15) is 0 Å². The second-order valence-electron chi connectivity index (χ2n) is 7.31. The number of hydrogen-bond acceptors (Lipinski definition) is 7. The van der Waals surface area contributed by atoms with Crippen LogP contribution in [0.1, 0.15) is 36.7 Å². The first-order valence-electron chi connectivity index (χ1n) is 8.88. The van der Waals surface area contributed by atoms with Crippen molar-refractivity contribution < 1.29 is 9.53 Å². The molecule has 0 radical (unpaired) electrons. The second kappa shape index (κ2) is 8.04. The van der Waals surface area contributed by atoms with Gasteiger partial charge < -0.3 is 15.4 Å². The van der Waals surface area contributed by atoms with E-state index in [4.69, 9.17) is 4.74 Å². The van der Waals surface area contributed by atoms with Crippen molar-refractivity contribution in [3.05, 3.63) is 65.9 Å². The lowest BCUT2D eigenvalue weighted by Crippen LogP contribution is -2.10. The third-order valence-corrected chi connectivity index (χ3v) is 4.12. The Labute approximate surface area is 164 Å². The first-order chi connectivity index (χ1) is 13.3. The Morgan fingerprint density at radius 2 is 1.75 bits per heavy atom. The molecule has 3 aromatic rings. The number of carbonyl (C=O) groups excluding carboxylic acids is 1. The summed E-state index contributed by atoms with van der Waals surface area (Å²) in [5.41, 5.74) is 3.37. The molecule has 0 aliphatic rings. The second-order valence-corrected chi connectivity index (χ2v) is 7.31. The van der Waals surface area contributed by atoms with Crippen molar-refractivity contribution in [1.82, 2.24) is 15.2 Å². The Balaban J connectivity index is 1.73. The van der Waals surface area contributed by atoms with E-state index in [1.165, 1.54) is 12.7 Å². The molecule has 0 aliphatic carbocycles. The van der Waals surface area contributed by atoms with Crippen LogP contribution < -0.4 is 10.6 Å². The third kappa shape index (κ3) is 4.82. The van der Waals surface area contributed by atoms with Crippen LogP contribution in [-0.2, 0) is 10.2 Å². The fraction of sp³-hybridized carbons (Fsp3) is 0.238. The largest absolute Gasteiger partial charge is 0.465 e. The highest BCUT2D eigenvalue weighted by molar-refractivity contribution is 5.90. The third-order valence-electron chi connectivity index (χ3n) is 4.12. The van der Waals surface area contributed by atoms with Crippen LogP contribution in [0.25, 0.3) is 0 Å². The van der Waals surface area contributed by atoms with Crippen LogP contribution in [0.4, 0.5) is 23.1 Å². The summed E-state index contributed by atoms with van der Waals surface area (Å²) in [7, 11) is 1.35. The van der Waals surface area contributed by atoms with Gasteiger partial charge in [-0.25, -0.2) is 4.79 Å². The zero-order chi connectivity index (χ0) is 20.1. The van der Waals surface area contributed by atoms with E-state index in [9.17, 15) is 4.79 Å². The minimum absolute atomic E-state index is 0.102. The molecule has 0 atom stereocenters. The molecule has 144 valence electrons. The average Bonchev–Trinajstić information content (AvgIpc) is 2.67. The Morgan fingerprint density at radius 1 is 1.00 bits per heavy atom. The molecule has 28 heavy (non-hydrogen) atoms. The van der Waals surface area contributed by atoms with Gasteiger partial charge in [-0.15, -0.1) is 5.10 Å². The maximum Gasteiger partial charge on any atom is 0.337 e. The molecule has 7 nitrogen and oxygen atoms in total. The predicted octanol–water partition coefficient (Wildman–Crippen LogP) is 4.44. The molecule has 2 N–H and O–H groups in total. The number of rotatable bonds is 5. The summed E-state index contributed by atoms with van der Waals surface area (Å²) in [4.78, 5) is 16.1. The van der Waals surface area contributed by atoms with Gasteiger partial charge in [-0.3, -0.25) is 0 Å². The number of hydrogen-bond donors (Lipinski definition) is 2. The van der Waals surface area contributed by atoms with Crippen LogP contribution in [-0.4, -0.2) is 28.3 Å². The van der Waals surface area contributed by atoms with Crippen LogP contribution in [0, 0.1) is 0 Å². The predicted molar refractivity (Wildman–Crippen MR) is 109 cm³/mol. The van der Waals surface area contributed by atoms with Crippen molar-refractivity contribution in [3.63, 3.8) is 0 Å². The van der Waals surface area contributed by atoms with Crippen LogP contribution in [0.2, 0.25) is 0 Å². The Kier molecular flexibility index (Phi) is 5.54. The fourth-order valence-corrected chi connectivity index (χ4v) is 2.59. The van der Waals surface area contributed by atoms with E-state index < -0.39 is 5.97 Å². The molecule has 7 heteroatoms. The smallest absolute Gasteiger partial charge is 0.337 e. The molecular weight excluding hydrogens is 354 g/mol. The minimum atomic E-state index is -0.406. The minimum Gasteiger partial charge on any atom is -0.465 e. The standard InChI is InChI=1S/C21H23N5O2/c1-21(2,3)15-8-10-16(11-9-15)23-18-13-22-26-20(25-18)24-17-7-5-6-14(12-17)19(27)28-4/h5-13H,1-4H3,(H2,23,24,25,26). The van der Waals surface area contributed by atoms with Crippen molar-refractivity contribution in [1.29, 1.82) is 0 Å². The summed E-state index contributed by atoms with van der Waals surface area (Å²) in [6, 6.07) is 15.1. The number of aromatic nitrogens is 3. The summed E-state index contributed by atoms with van der Waals surface area (Å²) in [6.45, 7) is 6.53. The topological polar surface area (TPSA) is 89.0 Å². The van der Waals surface area contributed by atoms with Crippen LogP contribution in [0.15, 0.2) is 54.7 Å². The molecule has 0 fully saturated rings. The number of carbonyl (C=O) groups is 1. The van der Waals surface area contributed by atoms with Crippen molar-refractivity contribution in [2.45, 2.75) is 26.2 Å². The van der Waals surface area contributed by atoms with Gasteiger partial charge in [-0.05, 0) is 41.3 Å². The number of esters is 1. The van der Waals surface area contributed by atoms with Crippen molar-refractivity contribution in [2.75, 3.05) is 17.7 Å². The number of ether oxygens (including phenoxy) is 1. The molecule has 3 rings (SSSR count). The van der Waals surface area contributed by atoms with Crippen molar-refractivity contribution in [3.8, 4) is 0 Å². The SMILES string of the molecule is COC(=O)c1cccc(Nc2nncc(Nc3ccc(C(C)(C)C)cc3)n2)c1. The molecule has 0 bridgehead atoms. The Bertz CT molecular complexity index is 965. The molecule has 0 spiro atoms. The van der Waals surface area contributed by atoms with Crippen LogP contribution in [0.5, 0.6) is 0 Å². The molecule has 1 aromatic heterocycles. The van der Waals surface area contributed by atoms with Gasteiger partial charge in [0, 0.05) is 11.4 Å². The Hall–Kier alpha value is -3.48. The lowest BCUT2D eigenvalue weighted by Gasteiger charge is -2.19. The van der Waals surface area contributed by atoms with Crippen molar-refractivity contribution >= 4 is 29.1 Å². The van der Waals surface area contributed by atoms with E-state index >= 15 is 0 Å². The first-order valence-corrected chi connectivity index (χ1v) is 8.88. The van der Waals surface area contributed by atoms with E-state index in [2.05, 4.69) is 58.7 Å². The number of methoxy groups -OCH3 is 1. The summed E-state index contributed by atoms with van der Waals surface area (Å²) < 4.78 is 4.74. The van der Waals surface area contributed by atoms with E-state index in [0.717, 1.165) is 5.69 Å². The fourth-order valence-electron chi connectivity index (χ4n) is 2.59. The first kappa shape index (κ1) is 19.3. The number of nitrogens with zero attached hydrogens (tertiary/aromatic N) is 3. The average molecular weight is 377 g/mol. The number of nitrogens with one attached hydrogen (secondary N) is 2. The van der Waals surface area contributed by atoms with E-state index in [1.807, 2.05) is 12.1 Å². The quantitative estimate of drug-likeness (QED) is 0.635. The molecule has 2 aromatic carbocycles. The van der Waals surface area contributed by atoms with E-state index in [0.29, 0.717) is 23.0 Å². The molecule has 0 amide bonds. The maximum atomic E-state index is 11.7. The van der Waals surface area contributed by atoms with Gasteiger partial charge in [0.05, 0.1) is 18.9 Å². The molecule has 0 aliphatic heterocycles. The highest BCUT2D eigenvalue weighted by Crippen LogP contribution is 2.24. The molecule has 0 unspecified atom stereocenters. The lowest BCUT2D eigenvalue weighted by atomic mass is 9.87. The lowest BCUT2D eigenvalue weighted by molar-refractivity contribution is 0.0601. The maximum absolute atomic E-state index is 11.7. The van der Waals surface area contributed by atoms with Gasteiger partial charge in [0.2, 0.25) is 5.95 Å². The molecule has 0 saturated carbocycles. The highest BCUT2D eigenvalue weighted by Gasteiger charge is 2.13. The van der Waals surface area contributed by atoms with Gasteiger partial charge in [0.15, 0.2) is 5.82 Å².